The minimum Gasteiger partial charge on any atom is -0.756 e. The van der Waals surface area contributed by atoms with Gasteiger partial charge in [-0.05, 0) is 57.4 Å². The number of nitrogens with one attached hydrogen (secondary N) is 1. The van der Waals surface area contributed by atoms with Crippen molar-refractivity contribution in [3.05, 3.63) is 24.3 Å². The maximum atomic E-state index is 13.5. The van der Waals surface area contributed by atoms with Gasteiger partial charge in [-0.3, -0.25) is 14.2 Å². The fourth-order valence-corrected chi connectivity index (χ4v) is 10.0. The lowest BCUT2D eigenvalue weighted by molar-refractivity contribution is -0.870. The molecular formula is C62H121N2O7P. The van der Waals surface area contributed by atoms with Crippen LogP contribution in [0.25, 0.3) is 0 Å². The Balaban J connectivity index is 5.14. The zero-order valence-electron chi connectivity index (χ0n) is 48.7. The van der Waals surface area contributed by atoms with Crippen LogP contribution in [0.1, 0.15) is 310 Å². The quantitative estimate of drug-likeness (QED) is 0.0212. The van der Waals surface area contributed by atoms with Crippen molar-refractivity contribution in [3.8, 4) is 0 Å². The average Bonchev–Trinajstić information content (AvgIpc) is 3.34. The second kappa shape index (κ2) is 52.9. The van der Waals surface area contributed by atoms with Crippen LogP contribution < -0.4 is 10.2 Å². The highest BCUT2D eigenvalue weighted by molar-refractivity contribution is 7.45. The SMILES string of the molecule is CCCCCCCC/C=C/CCCCCCCCCCCCCC(=O)NC(COP(=O)([O-])OCC[N+](C)(C)C)C(/C=C\CCCCCCCCCCC)OC(=O)CCCCCCCCCCCCCCCC. The van der Waals surface area contributed by atoms with Crippen LogP contribution in [-0.4, -0.2) is 69.4 Å². The van der Waals surface area contributed by atoms with Gasteiger partial charge in [-0.25, -0.2) is 0 Å². The zero-order chi connectivity index (χ0) is 52.9. The molecule has 3 atom stereocenters. The smallest absolute Gasteiger partial charge is 0.306 e. The van der Waals surface area contributed by atoms with E-state index >= 15 is 0 Å². The number of phosphoric ester groups is 1. The minimum atomic E-state index is -4.69. The average molecular weight is 1040 g/mol. The fraction of sp³-hybridized carbons (Fsp3) is 0.903. The van der Waals surface area contributed by atoms with Crippen LogP contribution in [0.15, 0.2) is 24.3 Å². The van der Waals surface area contributed by atoms with E-state index in [1.807, 2.05) is 33.3 Å². The molecule has 0 aliphatic carbocycles. The van der Waals surface area contributed by atoms with E-state index in [1.54, 1.807) is 0 Å². The first kappa shape index (κ1) is 70.5. The van der Waals surface area contributed by atoms with Crippen molar-refractivity contribution in [2.24, 2.45) is 0 Å². The van der Waals surface area contributed by atoms with E-state index in [0.717, 1.165) is 57.8 Å². The number of carbonyl (C=O) groups excluding carboxylic acids is 2. The van der Waals surface area contributed by atoms with Gasteiger partial charge in [-0.15, -0.1) is 0 Å². The molecule has 0 aromatic rings. The predicted octanol–water partition coefficient (Wildman–Crippen LogP) is 18.3. The summed E-state index contributed by atoms with van der Waals surface area (Å²) in [4.78, 5) is 39.9. The Kier molecular flexibility index (Phi) is 51.8. The number of likely N-dealkylation sites (N-methyl/N-ethyl adjacent to an activating group) is 1. The Morgan fingerprint density at radius 1 is 0.472 bits per heavy atom. The van der Waals surface area contributed by atoms with Gasteiger partial charge in [0.1, 0.15) is 19.3 Å². The number of ether oxygens (including phenoxy) is 1. The minimum absolute atomic E-state index is 0.0188. The second-order valence-electron chi connectivity index (χ2n) is 22.6. The molecule has 0 rings (SSSR count). The first-order valence-corrected chi connectivity index (χ1v) is 32.6. The summed E-state index contributed by atoms with van der Waals surface area (Å²) in [6, 6.07) is -0.882. The number of esters is 1. The summed E-state index contributed by atoms with van der Waals surface area (Å²) >= 11 is 0. The molecule has 426 valence electrons. The molecule has 10 heteroatoms. The third-order valence-corrected chi connectivity index (χ3v) is 15.1. The number of quaternary nitrogens is 1. The monoisotopic (exact) mass is 1040 g/mol. The van der Waals surface area contributed by atoms with E-state index in [4.69, 9.17) is 13.8 Å². The Hall–Kier alpha value is -1.51. The summed E-state index contributed by atoms with van der Waals surface area (Å²) in [5.74, 6) is -0.527. The molecule has 72 heavy (non-hydrogen) atoms. The van der Waals surface area contributed by atoms with Gasteiger partial charge in [0, 0.05) is 12.8 Å². The molecule has 0 bridgehead atoms. The number of unbranched alkanes of at least 4 members (excludes halogenated alkanes) is 39. The number of amides is 1. The normalized spacial score (nSPS) is 13.8. The van der Waals surface area contributed by atoms with E-state index in [9.17, 15) is 19.0 Å². The van der Waals surface area contributed by atoms with Crippen molar-refractivity contribution in [2.45, 2.75) is 322 Å². The number of hydrogen-bond donors (Lipinski definition) is 1. The van der Waals surface area contributed by atoms with E-state index in [2.05, 4.69) is 38.2 Å². The van der Waals surface area contributed by atoms with E-state index in [0.29, 0.717) is 17.4 Å². The van der Waals surface area contributed by atoms with Gasteiger partial charge < -0.3 is 28.5 Å². The van der Waals surface area contributed by atoms with Crippen molar-refractivity contribution in [3.63, 3.8) is 0 Å². The first-order chi connectivity index (χ1) is 34.9. The van der Waals surface area contributed by atoms with Crippen molar-refractivity contribution < 1.29 is 37.3 Å². The third-order valence-electron chi connectivity index (χ3n) is 14.1. The van der Waals surface area contributed by atoms with Crippen LogP contribution >= 0.6 is 7.82 Å². The van der Waals surface area contributed by atoms with Crippen LogP contribution in [0.5, 0.6) is 0 Å². The topological polar surface area (TPSA) is 114 Å². The van der Waals surface area contributed by atoms with Crippen molar-refractivity contribution in [1.29, 1.82) is 0 Å². The standard InChI is InChI=1S/C62H121N2O7P/c1-7-10-13-16-19-22-25-27-29-30-31-32-33-34-35-36-39-42-45-48-51-54-61(65)63-59(58-70-72(67,68)69-57-56-64(4,5)6)60(53-50-47-44-41-38-24-21-18-15-12-9-3)71-62(66)55-52-49-46-43-40-37-28-26-23-20-17-14-11-8-2/h27,29,50,53,59-60H,7-26,28,30-49,51-52,54-58H2,1-6H3,(H-,63,65,67,68)/b29-27+,53-50-. The summed E-state index contributed by atoms with van der Waals surface area (Å²) in [7, 11) is 1.20. The summed E-state index contributed by atoms with van der Waals surface area (Å²) in [5, 5.41) is 3.03. The molecular weight excluding hydrogens is 916 g/mol. The summed E-state index contributed by atoms with van der Waals surface area (Å²) < 4.78 is 30.3. The number of allylic oxidation sites excluding steroid dienone is 3. The molecule has 0 fully saturated rings. The molecule has 1 amide bonds. The van der Waals surface area contributed by atoms with E-state index in [-0.39, 0.29) is 31.5 Å². The van der Waals surface area contributed by atoms with E-state index < -0.39 is 20.0 Å². The van der Waals surface area contributed by atoms with Gasteiger partial charge in [0.05, 0.1) is 33.8 Å². The Morgan fingerprint density at radius 3 is 1.18 bits per heavy atom. The molecule has 3 unspecified atom stereocenters. The molecule has 0 heterocycles. The maximum absolute atomic E-state index is 13.5. The van der Waals surface area contributed by atoms with Crippen LogP contribution in [0, 0.1) is 0 Å². The van der Waals surface area contributed by atoms with Gasteiger partial charge >= 0.3 is 5.97 Å². The van der Waals surface area contributed by atoms with Crippen LogP contribution in [0.3, 0.4) is 0 Å². The molecule has 0 saturated heterocycles. The number of phosphoric acid groups is 1. The number of hydrogen-bond acceptors (Lipinski definition) is 7. The van der Waals surface area contributed by atoms with E-state index in [1.165, 1.54) is 218 Å². The summed E-state index contributed by atoms with van der Waals surface area (Å²) in [6.07, 6.45) is 61.4. The van der Waals surface area contributed by atoms with Gasteiger partial charge in [-0.2, -0.15) is 0 Å². The lowest BCUT2D eigenvalue weighted by Gasteiger charge is -2.30. The van der Waals surface area contributed by atoms with Crippen LogP contribution in [-0.2, 0) is 27.9 Å². The Bertz CT molecular complexity index is 1290. The van der Waals surface area contributed by atoms with Crippen molar-refractivity contribution in [1.82, 2.24) is 5.32 Å². The summed E-state index contributed by atoms with van der Waals surface area (Å²) in [6.45, 7) is 6.87. The second-order valence-corrected chi connectivity index (χ2v) is 24.0. The van der Waals surface area contributed by atoms with Gasteiger partial charge in [0.2, 0.25) is 5.91 Å². The Morgan fingerprint density at radius 2 is 0.806 bits per heavy atom. The zero-order valence-corrected chi connectivity index (χ0v) is 49.6. The van der Waals surface area contributed by atoms with Gasteiger partial charge in [0.15, 0.2) is 0 Å². The lowest BCUT2D eigenvalue weighted by atomic mass is 10.0. The lowest BCUT2D eigenvalue weighted by Crippen LogP contribution is -2.47. The number of carbonyl (C=O) groups is 2. The summed E-state index contributed by atoms with van der Waals surface area (Å²) in [5.41, 5.74) is 0. The molecule has 0 aliphatic rings. The fourth-order valence-electron chi connectivity index (χ4n) is 9.28. The maximum Gasteiger partial charge on any atom is 0.306 e. The highest BCUT2D eigenvalue weighted by Crippen LogP contribution is 2.38. The van der Waals surface area contributed by atoms with Crippen LogP contribution in [0.4, 0.5) is 0 Å². The van der Waals surface area contributed by atoms with Crippen molar-refractivity contribution in [2.75, 3.05) is 40.9 Å². The molecule has 0 aromatic carbocycles. The Labute approximate surface area is 447 Å². The molecule has 0 spiro atoms. The number of nitrogens with zero attached hydrogens (tertiary/aromatic N) is 1. The first-order valence-electron chi connectivity index (χ1n) is 31.1. The molecule has 1 N–H and O–H groups in total. The molecule has 0 aromatic heterocycles. The van der Waals surface area contributed by atoms with Crippen molar-refractivity contribution >= 4 is 19.7 Å². The third kappa shape index (κ3) is 53.3. The molecule has 0 saturated carbocycles. The highest BCUT2D eigenvalue weighted by atomic mass is 31.2. The predicted molar refractivity (Wildman–Crippen MR) is 307 cm³/mol. The molecule has 0 radical (unpaired) electrons. The van der Waals surface area contributed by atoms with Gasteiger partial charge in [-0.1, -0.05) is 264 Å². The van der Waals surface area contributed by atoms with Gasteiger partial charge in [0.25, 0.3) is 7.82 Å². The molecule has 0 aliphatic heterocycles. The molecule has 9 nitrogen and oxygen atoms in total. The largest absolute Gasteiger partial charge is 0.756 e. The highest BCUT2D eigenvalue weighted by Gasteiger charge is 2.27. The number of rotatable bonds is 57. The van der Waals surface area contributed by atoms with Crippen LogP contribution in [0.2, 0.25) is 0 Å².